The highest BCUT2D eigenvalue weighted by Crippen LogP contribution is 2.18. The lowest BCUT2D eigenvalue weighted by molar-refractivity contribution is 0.0912. The van der Waals surface area contributed by atoms with Gasteiger partial charge in [0, 0.05) is 6.54 Å². The molecular weight excluding hydrogens is 289 g/mol. The smallest absolute Gasteiger partial charge is 0.254 e. The van der Waals surface area contributed by atoms with Crippen LogP contribution in [0, 0.1) is 5.82 Å². The lowest BCUT2D eigenvalue weighted by atomic mass is 10.1. The van der Waals surface area contributed by atoms with Crippen LogP contribution in [0.5, 0.6) is 0 Å². The van der Waals surface area contributed by atoms with Gasteiger partial charge in [-0.25, -0.2) is 4.39 Å². The Bertz CT molecular complexity index is 574. The molecule has 0 bridgehead atoms. The first-order valence-corrected chi connectivity index (χ1v) is 6.84. The second kappa shape index (κ2) is 6.14. The summed E-state index contributed by atoms with van der Waals surface area (Å²) in [5, 5.41) is 15.8. The molecule has 0 aliphatic carbocycles. The average molecular weight is 300 g/mol. The first-order valence-electron chi connectivity index (χ1n) is 5.52. The molecule has 3 nitrogen and oxygen atoms in total. The average Bonchev–Trinajstić information content (AvgIpc) is 2.93. The number of hydrogen-bond donors (Lipinski definition) is 2. The second-order valence-electron chi connectivity index (χ2n) is 3.88. The first-order chi connectivity index (χ1) is 9.09. The van der Waals surface area contributed by atoms with Crippen molar-refractivity contribution in [2.45, 2.75) is 6.10 Å². The molecule has 0 spiro atoms. The van der Waals surface area contributed by atoms with Gasteiger partial charge in [0.25, 0.3) is 5.91 Å². The summed E-state index contributed by atoms with van der Waals surface area (Å²) >= 11 is 7.05. The molecule has 100 valence electrons. The Labute approximate surface area is 118 Å². The molecule has 19 heavy (non-hydrogen) atoms. The van der Waals surface area contributed by atoms with E-state index in [1.54, 1.807) is 11.4 Å². The number of halogens is 2. The number of carbonyl (C=O) groups excluding carboxylic acids is 1. The summed E-state index contributed by atoms with van der Waals surface area (Å²) in [7, 11) is 0. The van der Waals surface area contributed by atoms with Gasteiger partial charge in [0.05, 0.1) is 16.7 Å². The zero-order valence-electron chi connectivity index (χ0n) is 9.77. The molecule has 1 unspecified atom stereocenters. The van der Waals surface area contributed by atoms with Crippen molar-refractivity contribution in [1.29, 1.82) is 0 Å². The predicted molar refractivity (Wildman–Crippen MR) is 73.0 cm³/mol. The summed E-state index contributed by atoms with van der Waals surface area (Å²) in [4.78, 5) is 11.8. The van der Waals surface area contributed by atoms with Gasteiger partial charge in [-0.2, -0.15) is 11.3 Å². The zero-order chi connectivity index (χ0) is 13.8. The maximum atomic E-state index is 13.6. The molecule has 2 N–H and O–H groups in total. The van der Waals surface area contributed by atoms with Crippen molar-refractivity contribution in [3.63, 3.8) is 0 Å². The minimum Gasteiger partial charge on any atom is -0.387 e. The molecule has 1 aromatic carbocycles. The third-order valence-corrected chi connectivity index (χ3v) is 3.57. The quantitative estimate of drug-likeness (QED) is 0.912. The largest absolute Gasteiger partial charge is 0.387 e. The van der Waals surface area contributed by atoms with Crippen molar-refractivity contribution in [3.8, 4) is 0 Å². The van der Waals surface area contributed by atoms with Crippen molar-refractivity contribution in [2.24, 2.45) is 0 Å². The van der Waals surface area contributed by atoms with E-state index in [1.165, 1.54) is 29.5 Å². The summed E-state index contributed by atoms with van der Waals surface area (Å²) in [5.41, 5.74) is 0.585. The van der Waals surface area contributed by atoms with Gasteiger partial charge >= 0.3 is 0 Å². The monoisotopic (exact) mass is 299 g/mol. The Hall–Kier alpha value is -1.43. The minimum absolute atomic E-state index is 0.0154. The van der Waals surface area contributed by atoms with Crippen molar-refractivity contribution in [2.75, 3.05) is 6.54 Å². The molecule has 0 saturated carbocycles. The molecule has 1 amide bonds. The Morgan fingerprint density at radius 1 is 1.47 bits per heavy atom. The molecule has 0 fully saturated rings. The number of benzene rings is 1. The van der Waals surface area contributed by atoms with Crippen molar-refractivity contribution >= 4 is 28.8 Å². The highest BCUT2D eigenvalue weighted by atomic mass is 35.5. The van der Waals surface area contributed by atoms with E-state index in [-0.39, 0.29) is 17.1 Å². The number of rotatable bonds is 4. The Balaban J connectivity index is 2.00. The normalized spacial score (nSPS) is 12.2. The molecule has 0 aliphatic rings. The summed E-state index contributed by atoms with van der Waals surface area (Å²) < 4.78 is 13.6. The van der Waals surface area contributed by atoms with Gasteiger partial charge in [0.15, 0.2) is 5.82 Å². The number of aliphatic hydroxyl groups is 1. The Kier molecular flexibility index (Phi) is 4.52. The third-order valence-electron chi connectivity index (χ3n) is 2.58. The maximum Gasteiger partial charge on any atom is 0.254 e. The van der Waals surface area contributed by atoms with E-state index in [1.807, 2.05) is 5.38 Å². The van der Waals surface area contributed by atoms with Gasteiger partial charge < -0.3 is 10.4 Å². The molecule has 2 rings (SSSR count). The number of hydrogen-bond acceptors (Lipinski definition) is 3. The van der Waals surface area contributed by atoms with Crippen molar-refractivity contribution in [3.05, 3.63) is 57.0 Å². The number of amides is 1. The lowest BCUT2D eigenvalue weighted by Crippen LogP contribution is -2.29. The first kappa shape index (κ1) is 14.0. The molecule has 6 heteroatoms. The fourth-order valence-electron chi connectivity index (χ4n) is 1.55. The van der Waals surface area contributed by atoms with E-state index in [4.69, 9.17) is 11.6 Å². The molecule has 1 aromatic heterocycles. The van der Waals surface area contributed by atoms with E-state index in [0.29, 0.717) is 0 Å². The van der Waals surface area contributed by atoms with Crippen LogP contribution in [0.3, 0.4) is 0 Å². The van der Waals surface area contributed by atoms with Crippen LogP contribution < -0.4 is 5.32 Å². The van der Waals surface area contributed by atoms with Crippen molar-refractivity contribution < 1.29 is 14.3 Å². The van der Waals surface area contributed by atoms with Gasteiger partial charge in [0.2, 0.25) is 0 Å². The number of nitrogens with one attached hydrogen (secondary N) is 1. The number of thiophene rings is 1. The fraction of sp³-hybridized carbons (Fsp3) is 0.154. The molecule has 1 atom stereocenters. The molecular formula is C13H11ClFNO2S. The zero-order valence-corrected chi connectivity index (χ0v) is 11.3. The lowest BCUT2D eigenvalue weighted by Gasteiger charge is -2.11. The van der Waals surface area contributed by atoms with Crippen LogP contribution in [0.1, 0.15) is 22.0 Å². The number of carbonyl (C=O) groups is 1. The minimum atomic E-state index is -0.808. The highest BCUT2D eigenvalue weighted by molar-refractivity contribution is 7.07. The molecule has 2 aromatic rings. The highest BCUT2D eigenvalue weighted by Gasteiger charge is 2.15. The van der Waals surface area contributed by atoms with Gasteiger partial charge in [-0.3, -0.25) is 4.79 Å². The molecule has 0 radical (unpaired) electrons. The predicted octanol–water partition coefficient (Wildman–Crippen LogP) is 3.00. The van der Waals surface area contributed by atoms with Crippen LogP contribution in [0.2, 0.25) is 5.02 Å². The van der Waals surface area contributed by atoms with Crippen LogP contribution in [0.25, 0.3) is 0 Å². The van der Waals surface area contributed by atoms with E-state index in [2.05, 4.69) is 5.32 Å². The maximum absolute atomic E-state index is 13.6. The molecule has 0 saturated heterocycles. The van der Waals surface area contributed by atoms with Gasteiger partial charge in [-0.1, -0.05) is 17.7 Å². The standard InChI is InChI=1S/C13H11ClFNO2S/c14-10-3-1-2-9(12(10)15)13(18)16-6-11(17)8-4-5-19-7-8/h1-5,7,11,17H,6H2,(H,16,18). The summed E-state index contributed by atoms with van der Waals surface area (Å²) in [6.07, 6.45) is -0.808. The summed E-state index contributed by atoms with van der Waals surface area (Å²) in [5.74, 6) is -1.36. The Morgan fingerprint density at radius 3 is 2.95 bits per heavy atom. The van der Waals surface area contributed by atoms with Crippen LogP contribution in [0.4, 0.5) is 4.39 Å². The van der Waals surface area contributed by atoms with Crippen LogP contribution in [-0.4, -0.2) is 17.6 Å². The van der Waals surface area contributed by atoms with E-state index >= 15 is 0 Å². The van der Waals surface area contributed by atoms with Crippen LogP contribution >= 0.6 is 22.9 Å². The van der Waals surface area contributed by atoms with E-state index in [9.17, 15) is 14.3 Å². The second-order valence-corrected chi connectivity index (χ2v) is 5.07. The summed E-state index contributed by atoms with van der Waals surface area (Å²) in [6.45, 7) is 0.0154. The van der Waals surface area contributed by atoms with E-state index in [0.717, 1.165) is 5.56 Å². The number of aliphatic hydroxyl groups excluding tert-OH is 1. The van der Waals surface area contributed by atoms with Crippen molar-refractivity contribution in [1.82, 2.24) is 5.32 Å². The van der Waals surface area contributed by atoms with Crippen LogP contribution in [0.15, 0.2) is 35.0 Å². The molecule has 1 heterocycles. The fourth-order valence-corrected chi connectivity index (χ4v) is 2.43. The Morgan fingerprint density at radius 2 is 2.26 bits per heavy atom. The van der Waals surface area contributed by atoms with Crippen LogP contribution in [-0.2, 0) is 0 Å². The SMILES string of the molecule is O=C(NCC(O)c1ccsc1)c1cccc(Cl)c1F. The summed E-state index contributed by atoms with van der Waals surface area (Å²) in [6, 6.07) is 5.97. The topological polar surface area (TPSA) is 49.3 Å². The third kappa shape index (κ3) is 3.32. The van der Waals surface area contributed by atoms with Gasteiger partial charge in [0.1, 0.15) is 0 Å². The van der Waals surface area contributed by atoms with Gasteiger partial charge in [-0.05, 0) is 34.5 Å². The van der Waals surface area contributed by atoms with Gasteiger partial charge in [-0.15, -0.1) is 0 Å². The van der Waals surface area contributed by atoms with E-state index < -0.39 is 17.8 Å². The molecule has 0 aliphatic heterocycles.